The molecule has 0 aromatic carbocycles. The first-order valence-corrected chi connectivity index (χ1v) is 7.09. The van der Waals surface area contributed by atoms with E-state index in [1.807, 2.05) is 6.92 Å². The molecule has 1 rings (SSSR count). The molecule has 4 heteroatoms. The minimum atomic E-state index is -0.756. The summed E-state index contributed by atoms with van der Waals surface area (Å²) in [6.45, 7) is 2.01. The van der Waals surface area contributed by atoms with Crippen LogP contribution in [0.4, 0.5) is 0 Å². The van der Waals surface area contributed by atoms with E-state index < -0.39 is 5.97 Å². The van der Waals surface area contributed by atoms with Gasteiger partial charge in [-0.25, -0.2) is 0 Å². The lowest BCUT2D eigenvalue weighted by atomic mass is 9.95. The van der Waals surface area contributed by atoms with Crippen molar-refractivity contribution >= 4 is 11.9 Å². The predicted molar refractivity (Wildman–Crippen MR) is 70.3 cm³/mol. The second kappa shape index (κ2) is 8.11. The van der Waals surface area contributed by atoms with Crippen molar-refractivity contribution < 1.29 is 14.7 Å². The van der Waals surface area contributed by atoms with Gasteiger partial charge in [-0.05, 0) is 31.6 Å². The van der Waals surface area contributed by atoms with Gasteiger partial charge in [-0.1, -0.05) is 26.2 Å². The number of carbonyl (C=O) groups is 2. The Kier molecular flexibility index (Phi) is 6.76. The first-order valence-electron chi connectivity index (χ1n) is 7.09. The third-order valence-corrected chi connectivity index (χ3v) is 3.69. The van der Waals surface area contributed by atoms with Gasteiger partial charge in [0.15, 0.2) is 0 Å². The van der Waals surface area contributed by atoms with Gasteiger partial charge in [0.05, 0.1) is 0 Å². The van der Waals surface area contributed by atoms with Gasteiger partial charge in [-0.2, -0.15) is 0 Å². The van der Waals surface area contributed by atoms with Crippen molar-refractivity contribution in [2.75, 3.05) is 0 Å². The van der Waals surface area contributed by atoms with E-state index in [0.717, 1.165) is 19.3 Å². The molecular weight excluding hydrogens is 230 g/mol. The summed E-state index contributed by atoms with van der Waals surface area (Å²) >= 11 is 0. The zero-order chi connectivity index (χ0) is 13.4. The fourth-order valence-electron chi connectivity index (χ4n) is 2.44. The Morgan fingerprint density at radius 2 is 1.78 bits per heavy atom. The Morgan fingerprint density at radius 1 is 1.17 bits per heavy atom. The molecule has 0 spiro atoms. The molecule has 1 fully saturated rings. The van der Waals surface area contributed by atoms with E-state index in [9.17, 15) is 9.59 Å². The van der Waals surface area contributed by atoms with Crippen molar-refractivity contribution in [3.05, 3.63) is 0 Å². The van der Waals surface area contributed by atoms with Gasteiger partial charge >= 0.3 is 5.97 Å². The molecule has 2 N–H and O–H groups in total. The van der Waals surface area contributed by atoms with Crippen molar-refractivity contribution in [1.29, 1.82) is 0 Å². The molecule has 0 aromatic rings. The summed E-state index contributed by atoms with van der Waals surface area (Å²) in [6, 6.07) is 0.376. The number of carbonyl (C=O) groups excluding carboxylic acids is 1. The number of hydrogen-bond donors (Lipinski definition) is 2. The third-order valence-electron chi connectivity index (χ3n) is 3.69. The van der Waals surface area contributed by atoms with Crippen LogP contribution >= 0.6 is 0 Å². The van der Waals surface area contributed by atoms with Crippen LogP contribution in [0.1, 0.15) is 64.7 Å². The van der Waals surface area contributed by atoms with Crippen molar-refractivity contribution in [2.45, 2.75) is 70.8 Å². The molecule has 1 aliphatic carbocycles. The number of amides is 1. The van der Waals surface area contributed by atoms with Crippen molar-refractivity contribution in [3.8, 4) is 0 Å². The van der Waals surface area contributed by atoms with Crippen LogP contribution in [0.15, 0.2) is 0 Å². The lowest BCUT2D eigenvalue weighted by Crippen LogP contribution is -2.36. The lowest BCUT2D eigenvalue weighted by Gasteiger charge is -2.23. The molecule has 0 radical (unpaired) electrons. The van der Waals surface area contributed by atoms with Crippen molar-refractivity contribution in [1.82, 2.24) is 5.32 Å². The van der Waals surface area contributed by atoms with E-state index in [0.29, 0.717) is 24.8 Å². The Hall–Kier alpha value is -1.06. The molecule has 0 saturated heterocycles. The van der Waals surface area contributed by atoms with Gasteiger partial charge < -0.3 is 10.4 Å². The Labute approximate surface area is 109 Å². The third kappa shape index (κ3) is 6.62. The normalized spacial score (nSPS) is 18.3. The zero-order valence-corrected chi connectivity index (χ0v) is 11.3. The zero-order valence-electron chi connectivity index (χ0n) is 11.3. The maximum atomic E-state index is 11.7. The fraction of sp³-hybridized carbons (Fsp3) is 0.857. The molecule has 1 aliphatic rings. The van der Waals surface area contributed by atoms with Gasteiger partial charge in [-0.3, -0.25) is 9.59 Å². The van der Waals surface area contributed by atoms with E-state index in [1.165, 1.54) is 19.3 Å². The van der Waals surface area contributed by atoms with Gasteiger partial charge in [0.1, 0.15) is 0 Å². The topological polar surface area (TPSA) is 66.4 Å². The lowest BCUT2D eigenvalue weighted by molar-refractivity contribution is -0.137. The molecule has 0 aliphatic heterocycles. The molecule has 0 aromatic heterocycles. The number of rotatable bonds is 7. The van der Waals surface area contributed by atoms with Crippen LogP contribution in [0.3, 0.4) is 0 Å². The molecule has 18 heavy (non-hydrogen) atoms. The van der Waals surface area contributed by atoms with Crippen LogP contribution < -0.4 is 5.32 Å². The van der Waals surface area contributed by atoms with E-state index in [4.69, 9.17) is 5.11 Å². The Morgan fingerprint density at radius 3 is 2.39 bits per heavy atom. The standard InChI is InChI=1S/C14H25NO3/c1-11(8-10-14(17)18)7-9-13(16)15-12-5-3-2-4-6-12/h11-12H,2-10H2,1H3,(H,15,16)(H,17,18). The monoisotopic (exact) mass is 255 g/mol. The SMILES string of the molecule is CC(CCC(=O)O)CCC(=O)NC1CCCCC1. The largest absolute Gasteiger partial charge is 0.481 e. The summed E-state index contributed by atoms with van der Waals surface area (Å²) in [5, 5.41) is 11.7. The summed E-state index contributed by atoms with van der Waals surface area (Å²) in [7, 11) is 0. The minimum Gasteiger partial charge on any atom is -0.481 e. The van der Waals surface area contributed by atoms with Crippen LogP contribution in [-0.4, -0.2) is 23.0 Å². The van der Waals surface area contributed by atoms with E-state index in [2.05, 4.69) is 5.32 Å². The Bertz CT molecular complexity index is 272. The quantitative estimate of drug-likeness (QED) is 0.735. The number of carboxylic acids is 1. The van der Waals surface area contributed by atoms with Crippen LogP contribution in [0.2, 0.25) is 0 Å². The average Bonchev–Trinajstić information content (AvgIpc) is 2.35. The van der Waals surface area contributed by atoms with Crippen LogP contribution in [0.25, 0.3) is 0 Å². The summed E-state index contributed by atoms with van der Waals surface area (Å²) in [5.74, 6) is -0.323. The summed E-state index contributed by atoms with van der Waals surface area (Å²) in [5.41, 5.74) is 0. The predicted octanol–water partition coefficient (Wildman–Crippen LogP) is 2.72. The Balaban J connectivity index is 2.10. The van der Waals surface area contributed by atoms with Crippen LogP contribution in [0.5, 0.6) is 0 Å². The van der Waals surface area contributed by atoms with E-state index in [1.54, 1.807) is 0 Å². The first kappa shape index (κ1) is 15.0. The van der Waals surface area contributed by atoms with E-state index in [-0.39, 0.29) is 12.3 Å². The second-order valence-electron chi connectivity index (χ2n) is 5.48. The molecule has 1 amide bonds. The maximum Gasteiger partial charge on any atom is 0.303 e. The number of aliphatic carboxylic acids is 1. The molecule has 0 heterocycles. The second-order valence-corrected chi connectivity index (χ2v) is 5.48. The van der Waals surface area contributed by atoms with Gasteiger partial charge in [-0.15, -0.1) is 0 Å². The number of carboxylic acid groups (broad SMARTS) is 1. The highest BCUT2D eigenvalue weighted by Crippen LogP contribution is 2.18. The molecule has 0 bridgehead atoms. The molecule has 4 nitrogen and oxygen atoms in total. The molecule has 1 unspecified atom stereocenters. The highest BCUT2D eigenvalue weighted by molar-refractivity contribution is 5.76. The van der Waals surface area contributed by atoms with Gasteiger partial charge in [0, 0.05) is 18.9 Å². The minimum absolute atomic E-state index is 0.129. The van der Waals surface area contributed by atoms with Crippen molar-refractivity contribution in [3.63, 3.8) is 0 Å². The van der Waals surface area contributed by atoms with Gasteiger partial charge in [0.25, 0.3) is 0 Å². The number of nitrogens with one attached hydrogen (secondary N) is 1. The number of hydrogen-bond acceptors (Lipinski definition) is 2. The summed E-state index contributed by atoms with van der Waals surface area (Å²) < 4.78 is 0. The molecule has 1 saturated carbocycles. The highest BCUT2D eigenvalue weighted by atomic mass is 16.4. The van der Waals surface area contributed by atoms with Crippen LogP contribution in [0, 0.1) is 5.92 Å². The summed E-state index contributed by atoms with van der Waals surface area (Å²) in [6.07, 6.45) is 8.12. The first-order chi connectivity index (χ1) is 8.58. The maximum absolute atomic E-state index is 11.7. The smallest absolute Gasteiger partial charge is 0.303 e. The van der Waals surface area contributed by atoms with Crippen LogP contribution in [-0.2, 0) is 9.59 Å². The average molecular weight is 255 g/mol. The molecule has 1 atom stereocenters. The molecular formula is C14H25NO3. The highest BCUT2D eigenvalue weighted by Gasteiger charge is 2.16. The fourth-order valence-corrected chi connectivity index (χ4v) is 2.44. The van der Waals surface area contributed by atoms with Crippen molar-refractivity contribution in [2.24, 2.45) is 5.92 Å². The van der Waals surface area contributed by atoms with E-state index >= 15 is 0 Å². The van der Waals surface area contributed by atoms with Gasteiger partial charge in [0.2, 0.25) is 5.91 Å². The molecule has 104 valence electrons. The summed E-state index contributed by atoms with van der Waals surface area (Å²) in [4.78, 5) is 22.2.